The molecule has 0 aromatic rings. The highest BCUT2D eigenvalue weighted by molar-refractivity contribution is 6.20. The highest BCUT2D eigenvalue weighted by Gasteiger charge is 1.95. The van der Waals surface area contributed by atoms with Crippen LogP contribution in [0.1, 0.15) is 0 Å². The van der Waals surface area contributed by atoms with Gasteiger partial charge in [-0.3, -0.25) is 4.79 Å². The van der Waals surface area contributed by atoms with Gasteiger partial charge in [-0.25, -0.2) is 4.79 Å². The molecular formula is C5H8O4. The third kappa shape index (κ3) is 4.96. The lowest BCUT2D eigenvalue weighted by molar-refractivity contribution is -0.149. The van der Waals surface area contributed by atoms with E-state index in [0.29, 0.717) is 6.61 Å². The van der Waals surface area contributed by atoms with Crippen LogP contribution in [-0.2, 0) is 19.1 Å². The van der Waals surface area contributed by atoms with Crippen LogP contribution in [0.3, 0.4) is 0 Å². The van der Waals surface area contributed by atoms with Crippen molar-refractivity contribution in [1.82, 2.24) is 0 Å². The monoisotopic (exact) mass is 132 g/mol. The molecule has 0 heterocycles. The highest BCUT2D eigenvalue weighted by Crippen LogP contribution is 1.73. The van der Waals surface area contributed by atoms with Crippen LogP contribution in [0.25, 0.3) is 0 Å². The quantitative estimate of drug-likeness (QED) is 0.221. The lowest BCUT2D eigenvalue weighted by atomic mass is 10.7. The Bertz CT molecular complexity index is 99.1. The number of hydrogen-bond donors (Lipinski definition) is 0. The molecule has 0 aliphatic rings. The van der Waals surface area contributed by atoms with Gasteiger partial charge in [0.05, 0.1) is 6.61 Å². The molecule has 0 saturated heterocycles. The maximum atomic E-state index is 10.0. The van der Waals surface area contributed by atoms with Crippen LogP contribution in [0.2, 0.25) is 0 Å². The van der Waals surface area contributed by atoms with Crippen molar-refractivity contribution in [2.45, 2.75) is 0 Å². The molecule has 0 aromatic carbocycles. The van der Waals surface area contributed by atoms with E-state index in [1.807, 2.05) is 0 Å². The van der Waals surface area contributed by atoms with Gasteiger partial charge in [0.2, 0.25) is 6.29 Å². The fraction of sp³-hybridized carbons (Fsp3) is 0.600. The van der Waals surface area contributed by atoms with Crippen molar-refractivity contribution in [3.63, 3.8) is 0 Å². The molecule has 0 amide bonds. The van der Waals surface area contributed by atoms with Gasteiger partial charge in [0.25, 0.3) is 0 Å². The lowest BCUT2D eigenvalue weighted by Gasteiger charge is -1.96. The summed E-state index contributed by atoms with van der Waals surface area (Å²) in [7, 11) is 1.48. The van der Waals surface area contributed by atoms with Crippen LogP contribution in [-0.4, -0.2) is 32.6 Å². The average molecular weight is 132 g/mol. The van der Waals surface area contributed by atoms with Gasteiger partial charge in [-0.15, -0.1) is 0 Å². The van der Waals surface area contributed by atoms with Gasteiger partial charge < -0.3 is 9.47 Å². The first-order chi connectivity index (χ1) is 4.31. The Balaban J connectivity index is 3.07. The van der Waals surface area contributed by atoms with Gasteiger partial charge in [-0.1, -0.05) is 0 Å². The molecular weight excluding hydrogens is 124 g/mol. The Morgan fingerprint density at radius 2 is 2.22 bits per heavy atom. The summed E-state index contributed by atoms with van der Waals surface area (Å²) < 4.78 is 8.84. The SMILES string of the molecule is COCCOC(=O)C=O. The molecule has 0 spiro atoms. The Morgan fingerprint density at radius 3 is 2.67 bits per heavy atom. The minimum absolute atomic E-state index is 0.121. The third-order valence-corrected chi connectivity index (χ3v) is 0.628. The summed E-state index contributed by atoms with van der Waals surface area (Å²) in [5.41, 5.74) is 0. The summed E-state index contributed by atoms with van der Waals surface area (Å²) in [6.45, 7) is 0.452. The minimum Gasteiger partial charge on any atom is -0.458 e. The predicted molar refractivity (Wildman–Crippen MR) is 28.9 cm³/mol. The van der Waals surface area contributed by atoms with Crippen molar-refractivity contribution >= 4 is 12.3 Å². The second-order valence-corrected chi connectivity index (χ2v) is 1.28. The first-order valence-corrected chi connectivity index (χ1v) is 2.42. The lowest BCUT2D eigenvalue weighted by Crippen LogP contribution is -2.09. The normalized spacial score (nSPS) is 8.56. The number of carbonyl (C=O) groups is 2. The molecule has 0 N–H and O–H groups in total. The first kappa shape index (κ1) is 8.10. The average Bonchev–Trinajstić information content (AvgIpc) is 1.89. The summed E-state index contributed by atoms with van der Waals surface area (Å²) in [6.07, 6.45) is 0.121. The second-order valence-electron chi connectivity index (χ2n) is 1.28. The first-order valence-electron chi connectivity index (χ1n) is 2.42. The molecule has 0 aliphatic heterocycles. The van der Waals surface area contributed by atoms with Crippen molar-refractivity contribution in [3.8, 4) is 0 Å². The van der Waals surface area contributed by atoms with Crippen molar-refractivity contribution in [2.24, 2.45) is 0 Å². The van der Waals surface area contributed by atoms with Crippen molar-refractivity contribution < 1.29 is 19.1 Å². The predicted octanol–water partition coefficient (Wildman–Crippen LogP) is -0.625. The van der Waals surface area contributed by atoms with Crippen LogP contribution in [0.4, 0.5) is 0 Å². The zero-order valence-electron chi connectivity index (χ0n) is 5.12. The summed E-state index contributed by atoms with van der Waals surface area (Å²) in [6, 6.07) is 0. The molecule has 0 fully saturated rings. The van der Waals surface area contributed by atoms with E-state index in [2.05, 4.69) is 9.47 Å². The van der Waals surface area contributed by atoms with Crippen LogP contribution in [0.15, 0.2) is 0 Å². The molecule has 0 aromatic heterocycles. The summed E-state index contributed by atoms with van der Waals surface area (Å²) >= 11 is 0. The number of esters is 1. The van der Waals surface area contributed by atoms with E-state index in [4.69, 9.17) is 0 Å². The number of hydrogen-bond acceptors (Lipinski definition) is 4. The van der Waals surface area contributed by atoms with E-state index in [9.17, 15) is 9.59 Å². The van der Waals surface area contributed by atoms with Crippen LogP contribution < -0.4 is 0 Å². The zero-order valence-corrected chi connectivity index (χ0v) is 5.12. The van der Waals surface area contributed by atoms with Gasteiger partial charge in [-0.2, -0.15) is 0 Å². The summed E-state index contributed by atoms with van der Waals surface area (Å²) in [5, 5.41) is 0. The topological polar surface area (TPSA) is 52.6 Å². The number of rotatable bonds is 4. The van der Waals surface area contributed by atoms with Crippen molar-refractivity contribution in [1.29, 1.82) is 0 Å². The Kier molecular flexibility index (Phi) is 4.72. The van der Waals surface area contributed by atoms with Gasteiger partial charge in [0.1, 0.15) is 6.61 Å². The highest BCUT2D eigenvalue weighted by atomic mass is 16.6. The number of carbonyl (C=O) groups excluding carboxylic acids is 2. The number of aldehydes is 1. The van der Waals surface area contributed by atoms with E-state index in [0.717, 1.165) is 0 Å². The van der Waals surface area contributed by atoms with Gasteiger partial charge in [-0.05, 0) is 0 Å². The van der Waals surface area contributed by atoms with E-state index in [1.54, 1.807) is 0 Å². The molecule has 0 saturated carbocycles. The minimum atomic E-state index is -0.855. The maximum absolute atomic E-state index is 10.0. The van der Waals surface area contributed by atoms with E-state index >= 15 is 0 Å². The standard InChI is InChI=1S/C5H8O4/c1-8-2-3-9-5(7)4-6/h4H,2-3H2,1H3. The van der Waals surface area contributed by atoms with E-state index in [-0.39, 0.29) is 12.9 Å². The number of methoxy groups -OCH3 is 1. The van der Waals surface area contributed by atoms with Crippen LogP contribution in [0, 0.1) is 0 Å². The molecule has 4 nitrogen and oxygen atoms in total. The van der Waals surface area contributed by atoms with E-state index in [1.165, 1.54) is 7.11 Å². The molecule has 4 heteroatoms. The van der Waals surface area contributed by atoms with Gasteiger partial charge in [0, 0.05) is 7.11 Å². The molecule has 0 radical (unpaired) electrons. The molecule has 9 heavy (non-hydrogen) atoms. The molecule has 0 unspecified atom stereocenters. The number of ether oxygens (including phenoxy) is 2. The third-order valence-electron chi connectivity index (χ3n) is 0.628. The molecule has 0 atom stereocenters. The Morgan fingerprint density at radius 1 is 1.56 bits per heavy atom. The van der Waals surface area contributed by atoms with Crippen LogP contribution >= 0.6 is 0 Å². The van der Waals surface area contributed by atoms with E-state index < -0.39 is 5.97 Å². The van der Waals surface area contributed by atoms with Crippen molar-refractivity contribution in [2.75, 3.05) is 20.3 Å². The fourth-order valence-corrected chi connectivity index (χ4v) is 0.260. The fourth-order valence-electron chi connectivity index (χ4n) is 0.260. The maximum Gasteiger partial charge on any atom is 0.371 e. The second kappa shape index (κ2) is 5.24. The molecule has 0 aliphatic carbocycles. The zero-order chi connectivity index (χ0) is 7.11. The smallest absolute Gasteiger partial charge is 0.371 e. The molecule has 52 valence electrons. The molecule has 0 rings (SSSR count). The Labute approximate surface area is 52.7 Å². The summed E-state index contributed by atoms with van der Waals surface area (Å²) in [4.78, 5) is 19.6. The van der Waals surface area contributed by atoms with Gasteiger partial charge in [0.15, 0.2) is 0 Å². The van der Waals surface area contributed by atoms with Crippen molar-refractivity contribution in [3.05, 3.63) is 0 Å². The Hall–Kier alpha value is -0.900. The van der Waals surface area contributed by atoms with Gasteiger partial charge >= 0.3 is 5.97 Å². The molecule has 0 bridgehead atoms. The van der Waals surface area contributed by atoms with Crippen LogP contribution in [0.5, 0.6) is 0 Å². The largest absolute Gasteiger partial charge is 0.458 e. The summed E-state index contributed by atoms with van der Waals surface area (Å²) in [5.74, 6) is -0.855.